The average Bonchev–Trinajstić information content (AvgIpc) is 3.06. The maximum Gasteiger partial charge on any atom is 0.295 e. The lowest BCUT2D eigenvalue weighted by Crippen LogP contribution is -2.12. The zero-order chi connectivity index (χ0) is 11.0. The Labute approximate surface area is 94.9 Å². The Balaban J connectivity index is 1.69. The van der Waals surface area contributed by atoms with Gasteiger partial charge in [0, 0.05) is 6.54 Å². The van der Waals surface area contributed by atoms with E-state index in [1.54, 1.807) is 0 Å². The molecule has 0 amide bonds. The van der Waals surface area contributed by atoms with Gasteiger partial charge in [0.25, 0.3) is 6.01 Å². The van der Waals surface area contributed by atoms with E-state index >= 15 is 0 Å². The summed E-state index contributed by atoms with van der Waals surface area (Å²) in [7, 11) is 0. The van der Waals surface area contributed by atoms with Crippen LogP contribution in [0.3, 0.4) is 0 Å². The maximum absolute atomic E-state index is 5.60. The van der Waals surface area contributed by atoms with Gasteiger partial charge in [0.15, 0.2) is 5.58 Å². The van der Waals surface area contributed by atoms with Crippen LogP contribution in [-0.2, 0) is 0 Å². The van der Waals surface area contributed by atoms with Gasteiger partial charge in [-0.1, -0.05) is 19.1 Å². The number of benzene rings is 1. The predicted octanol–water partition coefficient (Wildman–Crippen LogP) is 3.29. The second kappa shape index (κ2) is 3.81. The lowest BCUT2D eigenvalue weighted by molar-refractivity contribution is 0.522. The fourth-order valence-corrected chi connectivity index (χ4v) is 2.03. The van der Waals surface area contributed by atoms with Gasteiger partial charge >= 0.3 is 0 Å². The highest BCUT2D eigenvalue weighted by atomic mass is 16.4. The van der Waals surface area contributed by atoms with Crippen molar-refractivity contribution in [3.8, 4) is 0 Å². The fourth-order valence-electron chi connectivity index (χ4n) is 2.03. The Hall–Kier alpha value is -1.51. The van der Waals surface area contributed by atoms with Crippen molar-refractivity contribution in [3.63, 3.8) is 0 Å². The number of rotatable bonds is 4. The Morgan fingerprint density at radius 2 is 2.25 bits per heavy atom. The molecule has 1 unspecified atom stereocenters. The fraction of sp³-hybridized carbons (Fsp3) is 0.462. The number of para-hydroxylation sites is 2. The minimum absolute atomic E-state index is 0.647. The van der Waals surface area contributed by atoms with Gasteiger partial charge in [-0.05, 0) is 36.8 Å². The standard InChI is InChI=1S/C13H16N2O/c1-9(10-6-7-10)8-14-13-15-11-4-2-3-5-12(11)16-13/h2-5,9-10H,6-8H2,1H3,(H,14,15). The van der Waals surface area contributed by atoms with Gasteiger partial charge in [-0.2, -0.15) is 4.98 Å². The van der Waals surface area contributed by atoms with Gasteiger partial charge in [0.2, 0.25) is 0 Å². The molecule has 84 valence electrons. The number of aromatic nitrogens is 1. The van der Waals surface area contributed by atoms with Crippen LogP contribution in [0.5, 0.6) is 0 Å². The molecule has 1 aliphatic rings. The van der Waals surface area contributed by atoms with Crippen molar-refractivity contribution in [2.45, 2.75) is 19.8 Å². The molecule has 1 atom stereocenters. The molecular formula is C13H16N2O. The van der Waals surface area contributed by atoms with Gasteiger partial charge < -0.3 is 9.73 Å². The van der Waals surface area contributed by atoms with Crippen molar-refractivity contribution in [2.75, 3.05) is 11.9 Å². The van der Waals surface area contributed by atoms with Gasteiger partial charge in [-0.15, -0.1) is 0 Å². The third-order valence-corrected chi connectivity index (χ3v) is 3.30. The molecule has 16 heavy (non-hydrogen) atoms. The number of nitrogens with zero attached hydrogens (tertiary/aromatic N) is 1. The summed E-state index contributed by atoms with van der Waals surface area (Å²) in [6, 6.07) is 8.49. The van der Waals surface area contributed by atoms with E-state index in [-0.39, 0.29) is 0 Å². The lowest BCUT2D eigenvalue weighted by atomic mass is 10.1. The van der Waals surface area contributed by atoms with Gasteiger partial charge in [0.05, 0.1) is 0 Å². The van der Waals surface area contributed by atoms with Crippen molar-refractivity contribution in [2.24, 2.45) is 11.8 Å². The van der Waals surface area contributed by atoms with Crippen LogP contribution in [0.2, 0.25) is 0 Å². The van der Waals surface area contributed by atoms with Crippen molar-refractivity contribution in [1.82, 2.24) is 4.98 Å². The largest absolute Gasteiger partial charge is 0.424 e. The molecule has 1 fully saturated rings. The SMILES string of the molecule is CC(CNc1nc2ccccc2o1)C1CC1. The lowest BCUT2D eigenvalue weighted by Gasteiger charge is -2.08. The third-order valence-electron chi connectivity index (χ3n) is 3.30. The molecule has 0 radical (unpaired) electrons. The summed E-state index contributed by atoms with van der Waals surface area (Å²) in [6.07, 6.45) is 2.77. The van der Waals surface area contributed by atoms with E-state index in [1.807, 2.05) is 24.3 Å². The summed E-state index contributed by atoms with van der Waals surface area (Å²) in [6.45, 7) is 3.24. The highest BCUT2D eigenvalue weighted by molar-refractivity contribution is 5.74. The van der Waals surface area contributed by atoms with E-state index < -0.39 is 0 Å². The molecule has 0 spiro atoms. The minimum Gasteiger partial charge on any atom is -0.424 e. The van der Waals surface area contributed by atoms with Crippen LogP contribution in [0.1, 0.15) is 19.8 Å². The molecule has 3 nitrogen and oxygen atoms in total. The zero-order valence-electron chi connectivity index (χ0n) is 9.44. The molecule has 1 aliphatic carbocycles. The van der Waals surface area contributed by atoms with Crippen molar-refractivity contribution in [1.29, 1.82) is 0 Å². The molecule has 2 aromatic rings. The number of fused-ring (bicyclic) bond motifs is 1. The second-order valence-corrected chi connectivity index (χ2v) is 4.68. The molecule has 0 saturated heterocycles. The highest BCUT2D eigenvalue weighted by Crippen LogP contribution is 2.36. The Morgan fingerprint density at radius 3 is 3.00 bits per heavy atom. The molecule has 1 aromatic heterocycles. The molecular weight excluding hydrogens is 200 g/mol. The summed E-state index contributed by atoms with van der Waals surface area (Å²) in [5, 5.41) is 3.28. The van der Waals surface area contributed by atoms with Crippen molar-refractivity contribution >= 4 is 17.1 Å². The first-order chi connectivity index (χ1) is 7.83. The van der Waals surface area contributed by atoms with E-state index in [9.17, 15) is 0 Å². The quantitative estimate of drug-likeness (QED) is 0.852. The monoisotopic (exact) mass is 216 g/mol. The first-order valence-electron chi connectivity index (χ1n) is 5.92. The van der Waals surface area contributed by atoms with Crippen LogP contribution < -0.4 is 5.32 Å². The van der Waals surface area contributed by atoms with Crippen LogP contribution in [0.4, 0.5) is 6.01 Å². The third kappa shape index (κ3) is 1.90. The normalized spacial score (nSPS) is 17.6. The molecule has 3 rings (SSSR count). The van der Waals surface area contributed by atoms with Crippen molar-refractivity contribution < 1.29 is 4.42 Å². The molecule has 1 N–H and O–H groups in total. The summed E-state index contributed by atoms with van der Waals surface area (Å²) in [5.41, 5.74) is 1.77. The van der Waals surface area contributed by atoms with Crippen molar-refractivity contribution in [3.05, 3.63) is 24.3 Å². The van der Waals surface area contributed by atoms with E-state index in [0.29, 0.717) is 6.01 Å². The van der Waals surface area contributed by atoms with Crippen LogP contribution in [0, 0.1) is 11.8 Å². The van der Waals surface area contributed by atoms with Gasteiger partial charge in [0.1, 0.15) is 5.52 Å². The van der Waals surface area contributed by atoms with E-state index in [1.165, 1.54) is 12.8 Å². The topological polar surface area (TPSA) is 38.1 Å². The van der Waals surface area contributed by atoms with Crippen LogP contribution in [0.25, 0.3) is 11.1 Å². The molecule has 1 aromatic carbocycles. The number of nitrogens with one attached hydrogen (secondary N) is 1. The van der Waals surface area contributed by atoms with Gasteiger partial charge in [-0.3, -0.25) is 0 Å². The molecule has 0 bridgehead atoms. The highest BCUT2D eigenvalue weighted by Gasteiger charge is 2.27. The molecule has 1 saturated carbocycles. The van der Waals surface area contributed by atoms with E-state index in [2.05, 4.69) is 17.2 Å². The summed E-state index contributed by atoms with van der Waals surface area (Å²) in [5.74, 6) is 1.63. The Morgan fingerprint density at radius 1 is 1.44 bits per heavy atom. The average molecular weight is 216 g/mol. The summed E-state index contributed by atoms with van der Waals surface area (Å²) < 4.78 is 5.60. The maximum atomic E-state index is 5.60. The van der Waals surface area contributed by atoms with E-state index in [4.69, 9.17) is 4.42 Å². The first kappa shape index (κ1) is 9.70. The second-order valence-electron chi connectivity index (χ2n) is 4.68. The number of hydrogen-bond acceptors (Lipinski definition) is 3. The summed E-state index contributed by atoms with van der Waals surface area (Å²) in [4.78, 5) is 4.39. The minimum atomic E-state index is 0.647. The van der Waals surface area contributed by atoms with Crippen LogP contribution in [0.15, 0.2) is 28.7 Å². The Bertz CT molecular complexity index is 454. The smallest absolute Gasteiger partial charge is 0.295 e. The van der Waals surface area contributed by atoms with Crippen LogP contribution in [-0.4, -0.2) is 11.5 Å². The number of oxazole rings is 1. The Kier molecular flexibility index (Phi) is 2.31. The molecule has 3 heteroatoms. The van der Waals surface area contributed by atoms with Crippen LogP contribution >= 0.6 is 0 Å². The van der Waals surface area contributed by atoms with Gasteiger partial charge in [-0.25, -0.2) is 0 Å². The molecule has 1 heterocycles. The first-order valence-corrected chi connectivity index (χ1v) is 5.92. The number of anilines is 1. The van der Waals surface area contributed by atoms with E-state index in [0.717, 1.165) is 29.5 Å². The summed E-state index contributed by atoms with van der Waals surface area (Å²) >= 11 is 0. The zero-order valence-corrected chi connectivity index (χ0v) is 9.44. The molecule has 0 aliphatic heterocycles. The number of hydrogen-bond donors (Lipinski definition) is 1. The predicted molar refractivity (Wildman–Crippen MR) is 64.4 cm³/mol.